The van der Waals surface area contributed by atoms with Gasteiger partial charge in [-0.2, -0.15) is 0 Å². The fourth-order valence-electron chi connectivity index (χ4n) is 3.74. The Labute approximate surface area is 204 Å². The maximum Gasteiger partial charge on any atom is 0.260 e. The Balaban J connectivity index is 1.37. The van der Waals surface area contributed by atoms with Gasteiger partial charge in [-0.25, -0.2) is 9.67 Å². The number of aromatic amines is 1. The molecule has 0 atom stereocenters. The summed E-state index contributed by atoms with van der Waals surface area (Å²) in [5.74, 6) is 1.85. The molecule has 0 fully saturated rings. The molecule has 10 heteroatoms. The van der Waals surface area contributed by atoms with Crippen LogP contribution in [0.5, 0.6) is 5.75 Å². The third-order valence-electron chi connectivity index (χ3n) is 5.46. The Morgan fingerprint density at radius 2 is 1.85 bits per heavy atom. The van der Waals surface area contributed by atoms with Gasteiger partial charge in [-0.05, 0) is 47.5 Å². The van der Waals surface area contributed by atoms with Gasteiger partial charge in [0.05, 0.1) is 24.8 Å². The van der Waals surface area contributed by atoms with E-state index in [4.69, 9.17) is 9.72 Å². The maximum absolute atomic E-state index is 13.0. The van der Waals surface area contributed by atoms with Gasteiger partial charge in [-0.3, -0.25) is 4.79 Å². The number of thioether (sulfide) groups is 1. The zero-order valence-electron chi connectivity index (χ0n) is 18.9. The molecule has 0 aliphatic heterocycles. The van der Waals surface area contributed by atoms with Crippen molar-refractivity contribution in [2.75, 3.05) is 7.11 Å². The molecule has 0 bridgehead atoms. The van der Waals surface area contributed by atoms with Crippen LogP contribution in [0.4, 0.5) is 0 Å². The average molecular weight is 491 g/mol. The molecule has 0 radical (unpaired) electrons. The van der Waals surface area contributed by atoms with Gasteiger partial charge in [0, 0.05) is 10.4 Å². The van der Waals surface area contributed by atoms with E-state index in [0.29, 0.717) is 28.7 Å². The van der Waals surface area contributed by atoms with Crippen LogP contribution < -0.4 is 10.3 Å². The van der Waals surface area contributed by atoms with Crippen molar-refractivity contribution < 1.29 is 4.74 Å². The summed E-state index contributed by atoms with van der Waals surface area (Å²) >= 11 is 2.98. The number of aromatic nitrogens is 6. The summed E-state index contributed by atoms with van der Waals surface area (Å²) in [5, 5.41) is 13.3. The number of fused-ring (bicyclic) bond motifs is 1. The smallest absolute Gasteiger partial charge is 0.260 e. The number of ether oxygens (including phenoxy) is 1. The fraction of sp³-hybridized carbons (Fsp3) is 0.208. The number of nitrogens with one attached hydrogen (secondary N) is 1. The van der Waals surface area contributed by atoms with Crippen LogP contribution in [0, 0.1) is 13.8 Å². The first-order valence-corrected chi connectivity index (χ1v) is 12.4. The van der Waals surface area contributed by atoms with Crippen LogP contribution >= 0.6 is 23.1 Å². The zero-order chi connectivity index (χ0) is 23.7. The quantitative estimate of drug-likeness (QED) is 0.333. The Morgan fingerprint density at radius 3 is 2.59 bits per heavy atom. The SMILES string of the molecule is COc1ccc(Cn2nnnc2SCc2nc3sc(C)c(-c4ccc(C)cc4)c3c(=O)[nH]2)cc1. The number of hydrogen-bond acceptors (Lipinski definition) is 8. The minimum absolute atomic E-state index is 0.127. The lowest BCUT2D eigenvalue weighted by atomic mass is 10.0. The van der Waals surface area contributed by atoms with Crippen molar-refractivity contribution in [1.82, 2.24) is 30.2 Å². The van der Waals surface area contributed by atoms with Gasteiger partial charge >= 0.3 is 0 Å². The molecule has 0 spiro atoms. The average Bonchev–Trinajstić information content (AvgIpc) is 3.42. The lowest BCUT2D eigenvalue weighted by Gasteiger charge is -2.06. The van der Waals surface area contributed by atoms with E-state index in [-0.39, 0.29) is 5.56 Å². The topological polar surface area (TPSA) is 98.6 Å². The number of aryl methyl sites for hydroxylation is 2. The first kappa shape index (κ1) is 22.3. The highest BCUT2D eigenvalue weighted by Crippen LogP contribution is 2.35. The van der Waals surface area contributed by atoms with Gasteiger partial charge in [0.25, 0.3) is 5.56 Å². The van der Waals surface area contributed by atoms with Crippen molar-refractivity contribution in [1.29, 1.82) is 0 Å². The summed E-state index contributed by atoms with van der Waals surface area (Å²) in [7, 11) is 1.64. The lowest BCUT2D eigenvalue weighted by Crippen LogP contribution is -2.11. The monoisotopic (exact) mass is 490 g/mol. The molecule has 0 unspecified atom stereocenters. The predicted molar refractivity (Wildman–Crippen MR) is 135 cm³/mol. The summed E-state index contributed by atoms with van der Waals surface area (Å²) in [4.78, 5) is 22.6. The predicted octanol–water partition coefficient (Wildman–Crippen LogP) is 4.60. The molecule has 172 valence electrons. The molecule has 0 saturated heterocycles. The van der Waals surface area contributed by atoms with Crippen LogP contribution in [0.15, 0.2) is 58.5 Å². The van der Waals surface area contributed by atoms with Gasteiger partial charge < -0.3 is 9.72 Å². The number of H-pyrrole nitrogens is 1. The summed E-state index contributed by atoms with van der Waals surface area (Å²) in [6.07, 6.45) is 0. The third-order valence-corrected chi connectivity index (χ3v) is 7.42. The van der Waals surface area contributed by atoms with Crippen LogP contribution in [0.25, 0.3) is 21.3 Å². The normalized spacial score (nSPS) is 11.3. The van der Waals surface area contributed by atoms with E-state index < -0.39 is 0 Å². The van der Waals surface area contributed by atoms with Crippen molar-refractivity contribution in [2.45, 2.75) is 31.3 Å². The second-order valence-electron chi connectivity index (χ2n) is 7.85. The molecule has 5 rings (SSSR count). The van der Waals surface area contributed by atoms with Crippen molar-refractivity contribution >= 4 is 33.3 Å². The summed E-state index contributed by atoms with van der Waals surface area (Å²) < 4.78 is 6.94. The molecule has 0 aliphatic rings. The Bertz CT molecular complexity index is 1500. The molecule has 0 saturated carbocycles. The first-order valence-electron chi connectivity index (χ1n) is 10.6. The summed E-state index contributed by atoms with van der Waals surface area (Å²) in [6, 6.07) is 16.0. The van der Waals surface area contributed by atoms with Crippen molar-refractivity contribution in [3.8, 4) is 16.9 Å². The molecule has 3 heterocycles. The number of tetrazole rings is 1. The molecule has 34 heavy (non-hydrogen) atoms. The highest BCUT2D eigenvalue weighted by Gasteiger charge is 2.17. The second kappa shape index (κ2) is 9.40. The van der Waals surface area contributed by atoms with E-state index in [9.17, 15) is 4.79 Å². The van der Waals surface area contributed by atoms with E-state index in [2.05, 4.69) is 44.8 Å². The number of rotatable bonds is 7. The van der Waals surface area contributed by atoms with Crippen LogP contribution in [0.3, 0.4) is 0 Å². The van der Waals surface area contributed by atoms with E-state index in [1.165, 1.54) is 17.3 Å². The maximum atomic E-state index is 13.0. The van der Waals surface area contributed by atoms with Crippen LogP contribution in [0.1, 0.15) is 21.8 Å². The second-order valence-corrected chi connectivity index (χ2v) is 9.99. The zero-order valence-corrected chi connectivity index (χ0v) is 20.5. The van der Waals surface area contributed by atoms with Crippen LogP contribution in [0.2, 0.25) is 0 Å². The minimum atomic E-state index is -0.127. The van der Waals surface area contributed by atoms with Crippen molar-refractivity contribution in [3.05, 3.63) is 80.7 Å². The lowest BCUT2D eigenvalue weighted by molar-refractivity contribution is 0.414. The standard InChI is InChI=1S/C24H22N6O2S2/c1-14-4-8-17(9-5-14)20-15(2)34-23-21(20)22(31)25-19(26-23)13-33-24-27-28-29-30(24)12-16-6-10-18(32-3)11-7-16/h4-11H,12-13H2,1-3H3,(H,25,26,31). The van der Waals surface area contributed by atoms with Crippen LogP contribution in [-0.2, 0) is 12.3 Å². The molecule has 8 nitrogen and oxygen atoms in total. The van der Waals surface area contributed by atoms with Gasteiger partial charge in [-0.15, -0.1) is 16.4 Å². The van der Waals surface area contributed by atoms with Gasteiger partial charge in [-0.1, -0.05) is 53.7 Å². The highest BCUT2D eigenvalue weighted by molar-refractivity contribution is 7.98. The number of thiophene rings is 1. The van der Waals surface area contributed by atoms with Crippen molar-refractivity contribution in [3.63, 3.8) is 0 Å². The van der Waals surface area contributed by atoms with E-state index in [1.807, 2.05) is 38.1 Å². The molecule has 3 aromatic heterocycles. The first-order chi connectivity index (χ1) is 16.5. The van der Waals surface area contributed by atoms with E-state index in [0.717, 1.165) is 32.1 Å². The molecular weight excluding hydrogens is 468 g/mol. The molecule has 5 aromatic rings. The Hall–Kier alpha value is -3.50. The summed E-state index contributed by atoms with van der Waals surface area (Å²) in [6.45, 7) is 4.61. The van der Waals surface area contributed by atoms with Gasteiger partial charge in [0.15, 0.2) is 0 Å². The number of hydrogen-bond donors (Lipinski definition) is 1. The largest absolute Gasteiger partial charge is 0.497 e. The van der Waals surface area contributed by atoms with Gasteiger partial charge in [0.2, 0.25) is 5.16 Å². The van der Waals surface area contributed by atoms with Gasteiger partial charge in [0.1, 0.15) is 16.4 Å². The highest BCUT2D eigenvalue weighted by atomic mass is 32.2. The fourth-order valence-corrected chi connectivity index (χ4v) is 5.55. The molecule has 2 aromatic carbocycles. The number of methoxy groups -OCH3 is 1. The van der Waals surface area contributed by atoms with E-state index in [1.54, 1.807) is 23.1 Å². The molecular formula is C24H22N6O2S2. The van der Waals surface area contributed by atoms with Crippen molar-refractivity contribution in [2.24, 2.45) is 0 Å². The molecule has 1 N–H and O–H groups in total. The van der Waals surface area contributed by atoms with Crippen LogP contribution in [-0.4, -0.2) is 37.3 Å². The van der Waals surface area contributed by atoms with E-state index >= 15 is 0 Å². The molecule has 0 aliphatic carbocycles. The number of nitrogens with zero attached hydrogens (tertiary/aromatic N) is 5. The Kier molecular flexibility index (Phi) is 6.16. The summed E-state index contributed by atoms with van der Waals surface area (Å²) in [5.41, 5.74) is 4.10. The molecule has 0 amide bonds. The third kappa shape index (κ3) is 4.46. The minimum Gasteiger partial charge on any atom is -0.497 e. The number of benzene rings is 2. The Morgan fingerprint density at radius 1 is 1.09 bits per heavy atom.